The van der Waals surface area contributed by atoms with Gasteiger partial charge in [-0.2, -0.15) is 4.98 Å². The van der Waals surface area contributed by atoms with E-state index >= 15 is 0 Å². The summed E-state index contributed by atoms with van der Waals surface area (Å²) in [5.74, 6) is 0.743. The highest BCUT2D eigenvalue weighted by molar-refractivity contribution is 7.89. The molecule has 1 fully saturated rings. The van der Waals surface area contributed by atoms with Crippen LogP contribution in [0.3, 0.4) is 0 Å². The number of rotatable bonds is 5. The molecule has 0 unspecified atom stereocenters. The van der Waals surface area contributed by atoms with Crippen molar-refractivity contribution in [3.63, 3.8) is 0 Å². The van der Waals surface area contributed by atoms with Crippen molar-refractivity contribution in [2.24, 2.45) is 0 Å². The molecule has 4 rings (SSSR count). The Labute approximate surface area is 158 Å². The van der Waals surface area contributed by atoms with Crippen molar-refractivity contribution < 1.29 is 12.9 Å². The van der Waals surface area contributed by atoms with Gasteiger partial charge in [0.2, 0.25) is 21.7 Å². The van der Waals surface area contributed by atoms with E-state index in [1.54, 1.807) is 19.3 Å². The van der Waals surface area contributed by atoms with Crippen molar-refractivity contribution >= 4 is 10.0 Å². The summed E-state index contributed by atoms with van der Waals surface area (Å²) in [5.41, 5.74) is 1.83. The van der Waals surface area contributed by atoms with E-state index in [4.69, 9.17) is 4.52 Å². The molecule has 1 aliphatic rings. The summed E-state index contributed by atoms with van der Waals surface area (Å²) in [6.07, 6.45) is 3.47. The summed E-state index contributed by atoms with van der Waals surface area (Å²) in [6, 6.07) is 13.4. The van der Waals surface area contributed by atoms with Gasteiger partial charge in [-0.3, -0.25) is 4.98 Å². The molecule has 1 aliphatic heterocycles. The van der Waals surface area contributed by atoms with E-state index in [1.165, 1.54) is 4.31 Å². The minimum absolute atomic E-state index is 0.0680. The standard InChI is InChI=1S/C19H20N4O3S/c1-2-27(24,25)23-12-16(15-9-6-10-20-11-15)17(13-23)19-21-18(22-26-19)14-7-4-3-5-8-14/h3-11,16-17H,2,12-13H2,1H3/t16-,17+/m0/s1. The second-order valence-electron chi connectivity index (χ2n) is 6.54. The minimum Gasteiger partial charge on any atom is -0.339 e. The Morgan fingerprint density at radius 3 is 2.59 bits per heavy atom. The topological polar surface area (TPSA) is 89.2 Å². The van der Waals surface area contributed by atoms with Gasteiger partial charge in [0.05, 0.1) is 11.7 Å². The molecule has 0 radical (unpaired) electrons. The predicted molar refractivity (Wildman–Crippen MR) is 100 cm³/mol. The maximum Gasteiger partial charge on any atom is 0.232 e. The lowest BCUT2D eigenvalue weighted by Gasteiger charge is -2.15. The molecular weight excluding hydrogens is 364 g/mol. The molecule has 3 heterocycles. The zero-order chi connectivity index (χ0) is 18.9. The second-order valence-corrected chi connectivity index (χ2v) is 8.80. The lowest BCUT2D eigenvalue weighted by atomic mass is 9.90. The van der Waals surface area contributed by atoms with Crippen LogP contribution in [0, 0.1) is 0 Å². The van der Waals surface area contributed by atoms with E-state index in [0.717, 1.165) is 11.1 Å². The van der Waals surface area contributed by atoms with Crippen molar-refractivity contribution in [2.75, 3.05) is 18.8 Å². The van der Waals surface area contributed by atoms with Crippen LogP contribution in [0.2, 0.25) is 0 Å². The maximum atomic E-state index is 12.4. The molecule has 8 heteroatoms. The number of nitrogens with zero attached hydrogens (tertiary/aromatic N) is 4. The molecule has 0 saturated carbocycles. The molecule has 1 saturated heterocycles. The van der Waals surface area contributed by atoms with Crippen LogP contribution >= 0.6 is 0 Å². The highest BCUT2D eigenvalue weighted by Gasteiger charge is 2.42. The monoisotopic (exact) mass is 384 g/mol. The summed E-state index contributed by atoms with van der Waals surface area (Å²) in [5, 5.41) is 4.10. The molecule has 0 N–H and O–H groups in total. The Morgan fingerprint density at radius 1 is 1.11 bits per heavy atom. The summed E-state index contributed by atoms with van der Waals surface area (Å²) < 4.78 is 31.9. The third kappa shape index (κ3) is 3.50. The van der Waals surface area contributed by atoms with Crippen LogP contribution in [-0.4, -0.2) is 46.7 Å². The normalized spacial score (nSPS) is 20.8. The van der Waals surface area contributed by atoms with Gasteiger partial charge < -0.3 is 4.52 Å². The number of hydrogen-bond acceptors (Lipinski definition) is 6. The molecule has 2 atom stereocenters. The lowest BCUT2D eigenvalue weighted by molar-refractivity contribution is 0.348. The molecule has 3 aromatic rings. The summed E-state index contributed by atoms with van der Waals surface area (Å²) in [4.78, 5) is 8.74. The molecule has 0 amide bonds. The molecule has 27 heavy (non-hydrogen) atoms. The SMILES string of the molecule is CCS(=O)(=O)N1C[C@@H](c2cccnc2)[C@H](c2nc(-c3ccccc3)no2)C1. The fourth-order valence-electron chi connectivity index (χ4n) is 3.45. The summed E-state index contributed by atoms with van der Waals surface area (Å²) in [7, 11) is -3.30. The predicted octanol–water partition coefficient (Wildman–Crippen LogP) is 2.66. The van der Waals surface area contributed by atoms with Crippen molar-refractivity contribution in [1.82, 2.24) is 19.4 Å². The van der Waals surface area contributed by atoms with Gasteiger partial charge in [-0.15, -0.1) is 0 Å². The van der Waals surface area contributed by atoms with E-state index in [9.17, 15) is 8.42 Å². The summed E-state index contributed by atoms with van der Waals surface area (Å²) >= 11 is 0. The average molecular weight is 384 g/mol. The van der Waals surface area contributed by atoms with E-state index in [-0.39, 0.29) is 17.6 Å². The average Bonchev–Trinajstić information content (AvgIpc) is 3.37. The summed E-state index contributed by atoms with van der Waals surface area (Å²) in [6.45, 7) is 2.36. The third-order valence-electron chi connectivity index (χ3n) is 4.95. The zero-order valence-electron chi connectivity index (χ0n) is 14.9. The van der Waals surface area contributed by atoms with E-state index < -0.39 is 10.0 Å². The van der Waals surface area contributed by atoms with Crippen molar-refractivity contribution in [2.45, 2.75) is 18.8 Å². The van der Waals surface area contributed by atoms with Crippen LogP contribution in [0.25, 0.3) is 11.4 Å². The van der Waals surface area contributed by atoms with Crippen molar-refractivity contribution in [3.8, 4) is 11.4 Å². The molecule has 1 aromatic carbocycles. The van der Waals surface area contributed by atoms with Crippen LogP contribution in [0.5, 0.6) is 0 Å². The number of aromatic nitrogens is 3. The first kappa shape index (κ1) is 17.8. The Morgan fingerprint density at radius 2 is 1.89 bits per heavy atom. The molecule has 0 aliphatic carbocycles. The fourth-order valence-corrected chi connectivity index (χ4v) is 4.59. The van der Waals surface area contributed by atoms with Crippen molar-refractivity contribution in [3.05, 3.63) is 66.3 Å². The van der Waals surface area contributed by atoms with Gasteiger partial charge in [0.25, 0.3) is 0 Å². The van der Waals surface area contributed by atoms with Gasteiger partial charge in [-0.05, 0) is 18.6 Å². The third-order valence-corrected chi connectivity index (χ3v) is 6.76. The molecular formula is C19H20N4O3S. The zero-order valence-corrected chi connectivity index (χ0v) is 15.7. The Balaban J connectivity index is 1.69. The minimum atomic E-state index is -3.30. The second kappa shape index (κ2) is 7.21. The van der Waals surface area contributed by atoms with Crippen LogP contribution in [0.4, 0.5) is 0 Å². The van der Waals surface area contributed by atoms with Gasteiger partial charge in [-0.25, -0.2) is 12.7 Å². The highest BCUT2D eigenvalue weighted by atomic mass is 32.2. The van der Waals surface area contributed by atoms with E-state index in [0.29, 0.717) is 24.8 Å². The van der Waals surface area contributed by atoms with Crippen LogP contribution < -0.4 is 0 Å². The van der Waals surface area contributed by atoms with Gasteiger partial charge in [0.1, 0.15) is 0 Å². The van der Waals surface area contributed by atoms with Gasteiger partial charge in [0, 0.05) is 37.0 Å². The van der Waals surface area contributed by atoms with E-state index in [1.807, 2.05) is 42.5 Å². The first-order valence-corrected chi connectivity index (χ1v) is 10.5. The maximum absolute atomic E-state index is 12.4. The Hall–Kier alpha value is -2.58. The number of sulfonamides is 1. The fraction of sp³-hybridized carbons (Fsp3) is 0.316. The van der Waals surface area contributed by atoms with E-state index in [2.05, 4.69) is 15.1 Å². The smallest absolute Gasteiger partial charge is 0.232 e. The number of benzene rings is 1. The molecule has 0 spiro atoms. The van der Waals surface area contributed by atoms with Gasteiger partial charge in [-0.1, -0.05) is 41.6 Å². The quantitative estimate of drug-likeness (QED) is 0.672. The first-order valence-electron chi connectivity index (χ1n) is 8.85. The van der Waals surface area contributed by atoms with Crippen LogP contribution in [0.15, 0.2) is 59.4 Å². The highest BCUT2D eigenvalue weighted by Crippen LogP contribution is 2.40. The number of hydrogen-bond donors (Lipinski definition) is 0. The van der Waals surface area contributed by atoms with Gasteiger partial charge in [0.15, 0.2) is 0 Å². The lowest BCUT2D eigenvalue weighted by Crippen LogP contribution is -2.30. The van der Waals surface area contributed by atoms with Crippen LogP contribution in [-0.2, 0) is 10.0 Å². The molecule has 140 valence electrons. The Bertz CT molecular complexity index is 1010. The molecule has 7 nitrogen and oxygen atoms in total. The Kier molecular flexibility index (Phi) is 4.75. The van der Waals surface area contributed by atoms with Gasteiger partial charge >= 0.3 is 0 Å². The van der Waals surface area contributed by atoms with Crippen LogP contribution in [0.1, 0.15) is 30.2 Å². The number of pyridine rings is 1. The first-order chi connectivity index (χ1) is 13.1. The molecule has 2 aromatic heterocycles. The molecule has 0 bridgehead atoms. The largest absolute Gasteiger partial charge is 0.339 e. The van der Waals surface area contributed by atoms with Crippen molar-refractivity contribution in [1.29, 1.82) is 0 Å².